The summed E-state index contributed by atoms with van der Waals surface area (Å²) in [5.74, 6) is 3.14. The molecule has 0 bridgehead atoms. The molecule has 7 rings (SSSR count). The van der Waals surface area contributed by atoms with Crippen molar-refractivity contribution in [1.29, 1.82) is 0 Å². The molecule has 45 heavy (non-hydrogen) atoms. The maximum Gasteiger partial charge on any atom is 0.241 e. The zero-order chi connectivity index (χ0) is 31.6. The second-order valence-corrected chi connectivity index (χ2v) is 18.7. The van der Waals surface area contributed by atoms with Gasteiger partial charge in [0.1, 0.15) is 8.07 Å². The number of fused-ring (bicyclic) bond motifs is 4. The molecular formula is C41H44BNOSi. The van der Waals surface area contributed by atoms with E-state index < -0.39 is 8.07 Å². The highest BCUT2D eigenvalue weighted by Gasteiger charge is 2.43. The monoisotopic (exact) mass is 605 g/mol. The Balaban J connectivity index is 1.51. The van der Waals surface area contributed by atoms with Crippen molar-refractivity contribution in [1.82, 2.24) is 0 Å². The summed E-state index contributed by atoms with van der Waals surface area (Å²) in [6.07, 6.45) is 0. The minimum atomic E-state index is -2.06. The highest BCUT2D eigenvalue weighted by Crippen LogP contribution is 2.49. The van der Waals surface area contributed by atoms with E-state index in [-0.39, 0.29) is 6.71 Å². The van der Waals surface area contributed by atoms with Crippen molar-refractivity contribution in [2.24, 2.45) is 0 Å². The van der Waals surface area contributed by atoms with Gasteiger partial charge in [0.05, 0.1) is 11.4 Å². The van der Waals surface area contributed by atoms with Gasteiger partial charge in [0.15, 0.2) is 11.5 Å². The first-order valence-corrected chi connectivity index (χ1v) is 19.7. The molecule has 0 fully saturated rings. The van der Waals surface area contributed by atoms with Crippen LogP contribution < -0.4 is 36.4 Å². The van der Waals surface area contributed by atoms with E-state index >= 15 is 0 Å². The van der Waals surface area contributed by atoms with E-state index in [1.807, 2.05) is 0 Å². The molecule has 0 saturated heterocycles. The molecule has 0 atom stereocenters. The summed E-state index contributed by atoms with van der Waals surface area (Å²) in [7, 11) is -2.06. The standard InChI is InChI=1S/C41H44BNOSi/c1-26(2)29-23-31(27(3)4)41(32(24-29)28(5)6)42-33-15-9-14-20-39(33)45(7,8)40-25-30(21-22-34(40)42)43-35-16-10-12-18-37(35)44-38-19-13-11-17-36(38)43/h9-28H,1-8H3. The summed E-state index contributed by atoms with van der Waals surface area (Å²) in [5.41, 5.74) is 12.3. The first-order valence-electron chi connectivity index (χ1n) is 16.7. The molecule has 0 spiro atoms. The molecule has 0 N–H and O–H groups in total. The minimum absolute atomic E-state index is 0.200. The fraction of sp³-hybridized carbons (Fsp3) is 0.268. The number of hydrogen-bond acceptors (Lipinski definition) is 2. The van der Waals surface area contributed by atoms with Gasteiger partial charge in [-0.3, -0.25) is 0 Å². The van der Waals surface area contributed by atoms with Crippen LogP contribution in [0, 0.1) is 0 Å². The van der Waals surface area contributed by atoms with E-state index in [0.29, 0.717) is 17.8 Å². The molecule has 2 nitrogen and oxygen atoms in total. The minimum Gasteiger partial charge on any atom is -0.453 e. The number of rotatable bonds is 5. The summed E-state index contributed by atoms with van der Waals surface area (Å²) in [6, 6.07) is 38.5. The molecule has 0 unspecified atom stereocenters. The molecule has 0 aromatic heterocycles. The molecule has 0 amide bonds. The van der Waals surface area contributed by atoms with Crippen molar-refractivity contribution in [2.45, 2.75) is 72.4 Å². The second kappa shape index (κ2) is 11.1. The Labute approximate surface area is 271 Å². The van der Waals surface area contributed by atoms with Crippen LogP contribution in [0.1, 0.15) is 76.0 Å². The number of para-hydroxylation sites is 4. The van der Waals surface area contributed by atoms with Crippen molar-refractivity contribution in [3.63, 3.8) is 0 Å². The van der Waals surface area contributed by atoms with Gasteiger partial charge >= 0.3 is 0 Å². The average Bonchev–Trinajstić information content (AvgIpc) is 3.03. The quantitative estimate of drug-likeness (QED) is 0.183. The normalized spacial score (nSPS) is 14.6. The van der Waals surface area contributed by atoms with Gasteiger partial charge in [-0.1, -0.05) is 148 Å². The van der Waals surface area contributed by atoms with Gasteiger partial charge in [-0.15, -0.1) is 0 Å². The van der Waals surface area contributed by atoms with Gasteiger partial charge in [-0.25, -0.2) is 0 Å². The summed E-state index contributed by atoms with van der Waals surface area (Å²) in [6.45, 7) is 19.4. The fourth-order valence-corrected chi connectivity index (χ4v) is 11.0. The first-order chi connectivity index (χ1) is 21.6. The average molecular weight is 606 g/mol. The zero-order valence-electron chi connectivity index (χ0n) is 28.0. The Kier molecular flexibility index (Phi) is 7.32. The third-order valence-electron chi connectivity index (χ3n) is 10.1. The largest absolute Gasteiger partial charge is 0.453 e. The molecule has 5 aromatic rings. The van der Waals surface area contributed by atoms with Crippen LogP contribution in [0.15, 0.2) is 103 Å². The third kappa shape index (κ3) is 4.77. The lowest BCUT2D eigenvalue weighted by Crippen LogP contribution is -2.77. The van der Waals surface area contributed by atoms with E-state index in [4.69, 9.17) is 4.74 Å². The number of ether oxygens (including phenoxy) is 1. The molecule has 0 aliphatic carbocycles. The lowest BCUT2D eigenvalue weighted by molar-refractivity contribution is 0.477. The van der Waals surface area contributed by atoms with E-state index in [1.165, 1.54) is 44.0 Å². The Morgan fingerprint density at radius 2 is 1.11 bits per heavy atom. The van der Waals surface area contributed by atoms with Crippen LogP contribution in [0.5, 0.6) is 11.5 Å². The van der Waals surface area contributed by atoms with E-state index in [1.54, 1.807) is 5.19 Å². The van der Waals surface area contributed by atoms with Gasteiger partial charge in [0.25, 0.3) is 0 Å². The van der Waals surface area contributed by atoms with Crippen molar-refractivity contribution in [3.8, 4) is 11.5 Å². The van der Waals surface area contributed by atoms with Gasteiger partial charge in [0, 0.05) is 5.69 Å². The summed E-state index contributed by atoms with van der Waals surface area (Å²) < 4.78 is 6.37. The van der Waals surface area contributed by atoms with Crippen LogP contribution in [0.4, 0.5) is 17.1 Å². The molecule has 2 heterocycles. The van der Waals surface area contributed by atoms with E-state index in [9.17, 15) is 0 Å². The number of anilines is 3. The van der Waals surface area contributed by atoms with Gasteiger partial charge in [0.2, 0.25) is 6.71 Å². The van der Waals surface area contributed by atoms with Crippen molar-refractivity contribution < 1.29 is 4.74 Å². The van der Waals surface area contributed by atoms with Crippen LogP contribution in [0.3, 0.4) is 0 Å². The lowest BCUT2D eigenvalue weighted by atomic mass is 9.34. The van der Waals surface area contributed by atoms with Crippen molar-refractivity contribution in [3.05, 3.63) is 120 Å². The Hall–Kier alpha value is -4.02. The molecule has 4 heteroatoms. The summed E-state index contributed by atoms with van der Waals surface area (Å²) in [4.78, 5) is 2.39. The van der Waals surface area contributed by atoms with Gasteiger partial charge in [-0.2, -0.15) is 0 Å². The second-order valence-electron chi connectivity index (χ2n) is 14.4. The van der Waals surface area contributed by atoms with Crippen LogP contribution in [0.25, 0.3) is 0 Å². The molecule has 0 saturated carbocycles. The molecular weight excluding hydrogens is 561 g/mol. The third-order valence-corrected chi connectivity index (χ3v) is 13.7. The van der Waals surface area contributed by atoms with Gasteiger partial charge in [-0.05, 0) is 70.8 Å². The van der Waals surface area contributed by atoms with Crippen molar-refractivity contribution in [2.75, 3.05) is 4.90 Å². The molecule has 226 valence electrons. The number of hydrogen-bond donors (Lipinski definition) is 0. The van der Waals surface area contributed by atoms with Crippen molar-refractivity contribution >= 4 is 58.6 Å². The smallest absolute Gasteiger partial charge is 0.241 e. The fourth-order valence-electron chi connectivity index (χ4n) is 7.75. The molecule has 0 radical (unpaired) electrons. The highest BCUT2D eigenvalue weighted by molar-refractivity contribution is 7.14. The maximum absolute atomic E-state index is 6.37. The molecule has 2 aliphatic heterocycles. The van der Waals surface area contributed by atoms with E-state index in [2.05, 4.69) is 163 Å². The SMILES string of the molecule is CC(C)c1cc(C(C)C)c(B2c3ccccc3[Si](C)(C)c3cc(N4c5ccccc5Oc5ccccc54)ccc32)c(C(C)C)c1. The first kappa shape index (κ1) is 29.7. The lowest BCUT2D eigenvalue weighted by Gasteiger charge is -2.40. The van der Waals surface area contributed by atoms with E-state index in [0.717, 1.165) is 22.9 Å². The predicted octanol–water partition coefficient (Wildman–Crippen LogP) is 8.28. The molecule has 2 aliphatic rings. The zero-order valence-corrected chi connectivity index (χ0v) is 29.0. The maximum atomic E-state index is 6.37. The number of nitrogens with zero attached hydrogens (tertiary/aromatic N) is 1. The van der Waals surface area contributed by atoms with Crippen LogP contribution in [0.2, 0.25) is 13.1 Å². The highest BCUT2D eigenvalue weighted by atomic mass is 28.3. The molecule has 5 aromatic carbocycles. The van der Waals surface area contributed by atoms with Gasteiger partial charge < -0.3 is 9.64 Å². The topological polar surface area (TPSA) is 12.5 Å². The van der Waals surface area contributed by atoms with Crippen LogP contribution >= 0.6 is 0 Å². The Bertz CT molecular complexity index is 1850. The predicted molar refractivity (Wildman–Crippen MR) is 198 cm³/mol. The van der Waals surface area contributed by atoms with Crippen LogP contribution in [-0.2, 0) is 0 Å². The number of benzene rings is 5. The Morgan fingerprint density at radius 1 is 0.578 bits per heavy atom. The summed E-state index contributed by atoms with van der Waals surface area (Å²) in [5, 5.41) is 3.09. The van der Waals surface area contributed by atoms with Crippen LogP contribution in [-0.4, -0.2) is 14.8 Å². The summed E-state index contributed by atoms with van der Waals surface area (Å²) >= 11 is 0. The Morgan fingerprint density at radius 3 is 1.69 bits per heavy atom.